The summed E-state index contributed by atoms with van der Waals surface area (Å²) >= 11 is 0. The van der Waals surface area contributed by atoms with Crippen LogP contribution in [0.2, 0.25) is 0 Å². The predicted molar refractivity (Wildman–Crippen MR) is 335 cm³/mol. The van der Waals surface area contributed by atoms with Crippen LogP contribution in [0.1, 0.15) is 419 Å². The molecule has 0 aliphatic heterocycles. The summed E-state index contributed by atoms with van der Waals surface area (Å²) < 4.78 is 16.9. The van der Waals surface area contributed by atoms with Crippen molar-refractivity contribution in [2.45, 2.75) is 425 Å². The molecule has 0 rings (SSSR count). The highest BCUT2D eigenvalue weighted by atomic mass is 16.6. The van der Waals surface area contributed by atoms with Crippen molar-refractivity contribution in [3.8, 4) is 0 Å². The molecule has 1 unspecified atom stereocenters. The van der Waals surface area contributed by atoms with Crippen molar-refractivity contribution in [3.05, 3.63) is 0 Å². The van der Waals surface area contributed by atoms with Crippen molar-refractivity contribution in [3.63, 3.8) is 0 Å². The smallest absolute Gasteiger partial charge is 0.306 e. The third-order valence-electron chi connectivity index (χ3n) is 16.6. The fourth-order valence-electron chi connectivity index (χ4n) is 11.3. The van der Waals surface area contributed by atoms with Gasteiger partial charge in [-0.05, 0) is 19.3 Å². The zero-order valence-corrected chi connectivity index (χ0v) is 52.8. The molecular weight excluding hydrogens is 949 g/mol. The molecule has 6 nitrogen and oxygen atoms in total. The van der Waals surface area contributed by atoms with E-state index in [0.29, 0.717) is 19.3 Å². The molecule has 0 aromatic rings. The van der Waals surface area contributed by atoms with E-state index < -0.39 is 6.10 Å². The molecule has 0 amide bonds. The number of esters is 3. The lowest BCUT2D eigenvalue weighted by molar-refractivity contribution is -0.167. The first-order valence-corrected chi connectivity index (χ1v) is 35.5. The average Bonchev–Trinajstić information content (AvgIpc) is 3.43. The van der Waals surface area contributed by atoms with Gasteiger partial charge in [-0.25, -0.2) is 0 Å². The van der Waals surface area contributed by atoms with Gasteiger partial charge < -0.3 is 14.2 Å². The molecule has 458 valence electrons. The summed E-state index contributed by atoms with van der Waals surface area (Å²) in [6.07, 6.45) is 78.9. The molecule has 0 aromatic heterocycles. The Balaban J connectivity index is 3.96. The van der Waals surface area contributed by atoms with Gasteiger partial charge in [0.2, 0.25) is 0 Å². The van der Waals surface area contributed by atoms with Gasteiger partial charge in [-0.2, -0.15) is 0 Å². The number of hydrogen-bond acceptors (Lipinski definition) is 6. The normalized spacial score (nSPS) is 11.9. The average molecular weight is 1090 g/mol. The molecule has 77 heavy (non-hydrogen) atoms. The van der Waals surface area contributed by atoms with E-state index in [1.165, 1.54) is 321 Å². The van der Waals surface area contributed by atoms with Crippen LogP contribution in [0, 0.1) is 0 Å². The standard InChI is InChI=1S/C71H138O6/c1-4-7-10-13-16-18-20-22-24-26-28-30-32-33-34-35-36-37-38-39-41-42-44-46-48-50-52-55-58-61-64-70(73)76-67-68(66-75-69(72)63-60-57-54-15-12-9-6-3)77-71(74)65-62-59-56-53-51-49-47-45-43-40-31-29-27-25-23-21-19-17-14-11-8-5-2/h68H,4-67H2,1-3H3. The molecule has 0 aliphatic rings. The zero-order chi connectivity index (χ0) is 55.7. The van der Waals surface area contributed by atoms with E-state index in [0.717, 1.165) is 57.8 Å². The fourth-order valence-corrected chi connectivity index (χ4v) is 11.3. The van der Waals surface area contributed by atoms with E-state index in [9.17, 15) is 14.4 Å². The summed E-state index contributed by atoms with van der Waals surface area (Å²) in [4.78, 5) is 38.2. The highest BCUT2D eigenvalue weighted by Crippen LogP contribution is 2.20. The van der Waals surface area contributed by atoms with Crippen LogP contribution in [0.15, 0.2) is 0 Å². The fraction of sp³-hybridized carbons (Fsp3) is 0.958. The number of ether oxygens (including phenoxy) is 3. The van der Waals surface area contributed by atoms with Gasteiger partial charge in [-0.1, -0.05) is 380 Å². The first-order valence-electron chi connectivity index (χ1n) is 35.5. The number of carbonyl (C=O) groups is 3. The maximum absolute atomic E-state index is 12.9. The molecule has 0 aliphatic carbocycles. The first-order chi connectivity index (χ1) is 38.0. The molecule has 0 spiro atoms. The minimum atomic E-state index is -0.761. The van der Waals surface area contributed by atoms with E-state index in [-0.39, 0.29) is 31.1 Å². The van der Waals surface area contributed by atoms with Crippen LogP contribution in [0.25, 0.3) is 0 Å². The Morgan fingerprint density at radius 2 is 0.351 bits per heavy atom. The van der Waals surface area contributed by atoms with Gasteiger partial charge in [-0.15, -0.1) is 0 Å². The molecule has 0 aromatic carbocycles. The van der Waals surface area contributed by atoms with Gasteiger partial charge in [0, 0.05) is 19.3 Å². The molecule has 1 atom stereocenters. The van der Waals surface area contributed by atoms with Gasteiger partial charge in [-0.3, -0.25) is 14.4 Å². The Hall–Kier alpha value is -1.59. The molecule has 0 fully saturated rings. The molecule has 0 heterocycles. The second-order valence-electron chi connectivity index (χ2n) is 24.5. The number of unbranched alkanes of at least 4 members (excludes halogenated alkanes) is 56. The maximum atomic E-state index is 12.9. The Bertz CT molecular complexity index is 1160. The third kappa shape index (κ3) is 65.1. The monoisotopic (exact) mass is 1090 g/mol. The van der Waals surface area contributed by atoms with Crippen LogP contribution in [0.5, 0.6) is 0 Å². The zero-order valence-electron chi connectivity index (χ0n) is 52.8. The Kier molecular flexibility index (Phi) is 65.5. The summed E-state index contributed by atoms with van der Waals surface area (Å²) in [6.45, 7) is 6.69. The van der Waals surface area contributed by atoms with Crippen molar-refractivity contribution in [2.24, 2.45) is 0 Å². The van der Waals surface area contributed by atoms with Crippen molar-refractivity contribution < 1.29 is 28.6 Å². The minimum absolute atomic E-state index is 0.0613. The molecule has 6 heteroatoms. The predicted octanol–water partition coefficient (Wildman–Crippen LogP) is 24.2. The maximum Gasteiger partial charge on any atom is 0.306 e. The van der Waals surface area contributed by atoms with E-state index in [1.54, 1.807) is 0 Å². The highest BCUT2D eigenvalue weighted by molar-refractivity contribution is 5.71. The van der Waals surface area contributed by atoms with Gasteiger partial charge in [0.1, 0.15) is 13.2 Å². The van der Waals surface area contributed by atoms with Gasteiger partial charge in [0.25, 0.3) is 0 Å². The Labute approximate surface area is 482 Å². The van der Waals surface area contributed by atoms with Crippen LogP contribution >= 0.6 is 0 Å². The Morgan fingerprint density at radius 3 is 0.519 bits per heavy atom. The van der Waals surface area contributed by atoms with Crippen molar-refractivity contribution >= 4 is 17.9 Å². The quantitative estimate of drug-likeness (QED) is 0.0343. The summed E-state index contributed by atoms with van der Waals surface area (Å²) in [5.74, 6) is -0.833. The lowest BCUT2D eigenvalue weighted by Gasteiger charge is -2.18. The summed E-state index contributed by atoms with van der Waals surface area (Å²) in [5, 5.41) is 0. The number of hydrogen-bond donors (Lipinski definition) is 0. The second-order valence-corrected chi connectivity index (χ2v) is 24.5. The van der Waals surface area contributed by atoms with E-state index in [1.807, 2.05) is 0 Å². The lowest BCUT2D eigenvalue weighted by atomic mass is 10.0. The van der Waals surface area contributed by atoms with E-state index in [4.69, 9.17) is 14.2 Å². The van der Waals surface area contributed by atoms with Crippen LogP contribution in [-0.2, 0) is 28.6 Å². The molecule has 0 saturated heterocycles. The van der Waals surface area contributed by atoms with E-state index >= 15 is 0 Å². The first kappa shape index (κ1) is 75.4. The molecule has 0 saturated carbocycles. The van der Waals surface area contributed by atoms with Crippen molar-refractivity contribution in [2.75, 3.05) is 13.2 Å². The largest absolute Gasteiger partial charge is 0.462 e. The summed E-state index contributed by atoms with van der Waals surface area (Å²) in [5.41, 5.74) is 0. The Morgan fingerprint density at radius 1 is 0.208 bits per heavy atom. The van der Waals surface area contributed by atoms with Crippen LogP contribution < -0.4 is 0 Å². The minimum Gasteiger partial charge on any atom is -0.462 e. The lowest BCUT2D eigenvalue weighted by Crippen LogP contribution is -2.30. The van der Waals surface area contributed by atoms with Crippen LogP contribution in [0.3, 0.4) is 0 Å². The molecular formula is C71H138O6. The number of rotatable bonds is 67. The third-order valence-corrected chi connectivity index (χ3v) is 16.6. The van der Waals surface area contributed by atoms with E-state index in [2.05, 4.69) is 20.8 Å². The van der Waals surface area contributed by atoms with Gasteiger partial charge >= 0.3 is 17.9 Å². The molecule has 0 radical (unpaired) electrons. The second kappa shape index (κ2) is 66.9. The summed E-state index contributed by atoms with van der Waals surface area (Å²) in [6, 6.07) is 0. The molecule has 0 bridgehead atoms. The van der Waals surface area contributed by atoms with Gasteiger partial charge in [0.15, 0.2) is 6.10 Å². The van der Waals surface area contributed by atoms with Crippen LogP contribution in [-0.4, -0.2) is 37.2 Å². The molecule has 0 N–H and O–H groups in total. The van der Waals surface area contributed by atoms with Gasteiger partial charge in [0.05, 0.1) is 0 Å². The summed E-state index contributed by atoms with van der Waals surface area (Å²) in [7, 11) is 0. The number of carbonyl (C=O) groups excluding carboxylic acids is 3. The highest BCUT2D eigenvalue weighted by Gasteiger charge is 2.19. The SMILES string of the molecule is CCCCCCCCCCCCCCCCCCCCCCCCCCCCCCCCC(=O)OCC(COC(=O)CCCCCCCCC)OC(=O)CCCCCCCCCCCCCCCCCCCCCCCC. The van der Waals surface area contributed by atoms with Crippen molar-refractivity contribution in [1.29, 1.82) is 0 Å². The topological polar surface area (TPSA) is 78.9 Å². The van der Waals surface area contributed by atoms with Crippen LogP contribution in [0.4, 0.5) is 0 Å². The van der Waals surface area contributed by atoms with Crippen molar-refractivity contribution in [1.82, 2.24) is 0 Å².